The molecule has 1 unspecified atom stereocenters. The standard InChI is InChI=1S/C27H30N2OS/c30-31(27-9-5-2-6-10-27)29(25-15-16-25)26-17-19-28(20-18-26)21-22-11-13-24(14-12-22)23-7-3-1-4-8-23/h1-14,25-26H,15-21H2. The predicted molar refractivity (Wildman–Crippen MR) is 128 cm³/mol. The molecular formula is C27H30N2OS. The van der Waals surface area contributed by atoms with Crippen LogP contribution in [-0.4, -0.2) is 38.6 Å². The Labute approximate surface area is 188 Å². The van der Waals surface area contributed by atoms with Gasteiger partial charge in [-0.25, -0.2) is 8.51 Å². The van der Waals surface area contributed by atoms with E-state index >= 15 is 0 Å². The fraction of sp³-hybridized carbons (Fsp3) is 0.333. The molecule has 3 aromatic carbocycles. The van der Waals surface area contributed by atoms with Crippen molar-refractivity contribution in [3.8, 4) is 11.1 Å². The molecule has 160 valence electrons. The van der Waals surface area contributed by atoms with Gasteiger partial charge >= 0.3 is 0 Å². The molecule has 2 aliphatic rings. The van der Waals surface area contributed by atoms with Gasteiger partial charge in [0.15, 0.2) is 0 Å². The van der Waals surface area contributed by atoms with E-state index in [4.69, 9.17) is 0 Å². The summed E-state index contributed by atoms with van der Waals surface area (Å²) in [5, 5.41) is 0. The van der Waals surface area contributed by atoms with Crippen LogP contribution in [0.3, 0.4) is 0 Å². The zero-order chi connectivity index (χ0) is 21.0. The van der Waals surface area contributed by atoms with Crippen LogP contribution in [0.5, 0.6) is 0 Å². The summed E-state index contributed by atoms with van der Waals surface area (Å²) in [6.45, 7) is 3.13. The van der Waals surface area contributed by atoms with Crippen molar-refractivity contribution in [2.24, 2.45) is 0 Å². The zero-order valence-corrected chi connectivity index (χ0v) is 18.7. The number of nitrogens with zero attached hydrogens (tertiary/aromatic N) is 2. The monoisotopic (exact) mass is 430 g/mol. The summed E-state index contributed by atoms with van der Waals surface area (Å²) < 4.78 is 15.6. The summed E-state index contributed by atoms with van der Waals surface area (Å²) in [4.78, 5) is 3.49. The third kappa shape index (κ3) is 4.98. The topological polar surface area (TPSA) is 23.6 Å². The number of rotatable bonds is 7. The fourth-order valence-electron chi connectivity index (χ4n) is 4.58. The number of piperidine rings is 1. The molecule has 5 rings (SSSR count). The lowest BCUT2D eigenvalue weighted by molar-refractivity contribution is 0.153. The molecule has 0 radical (unpaired) electrons. The SMILES string of the molecule is O=S(c1ccccc1)N(C1CC1)C1CCN(Cc2ccc(-c3ccccc3)cc2)CC1. The van der Waals surface area contributed by atoms with Gasteiger partial charge in [-0.1, -0.05) is 72.8 Å². The van der Waals surface area contributed by atoms with Gasteiger partial charge in [-0.05, 0) is 54.5 Å². The average Bonchev–Trinajstić information content (AvgIpc) is 3.67. The van der Waals surface area contributed by atoms with Crippen molar-refractivity contribution >= 4 is 11.0 Å². The summed E-state index contributed by atoms with van der Waals surface area (Å²) in [5.41, 5.74) is 3.90. The van der Waals surface area contributed by atoms with Gasteiger partial charge in [-0.3, -0.25) is 4.90 Å². The van der Waals surface area contributed by atoms with Gasteiger partial charge in [0.25, 0.3) is 0 Å². The minimum atomic E-state index is -1.04. The van der Waals surface area contributed by atoms with Crippen molar-refractivity contribution in [3.63, 3.8) is 0 Å². The van der Waals surface area contributed by atoms with Crippen LogP contribution in [0.15, 0.2) is 89.8 Å². The largest absolute Gasteiger partial charge is 0.299 e. The quantitative estimate of drug-likeness (QED) is 0.494. The summed E-state index contributed by atoms with van der Waals surface area (Å²) >= 11 is 0. The van der Waals surface area contributed by atoms with E-state index in [-0.39, 0.29) is 0 Å². The molecule has 0 spiro atoms. The molecule has 2 fully saturated rings. The number of benzene rings is 3. The van der Waals surface area contributed by atoms with Crippen LogP contribution >= 0.6 is 0 Å². The van der Waals surface area contributed by atoms with Gasteiger partial charge in [0.2, 0.25) is 0 Å². The van der Waals surface area contributed by atoms with Crippen molar-refractivity contribution < 1.29 is 4.21 Å². The van der Waals surface area contributed by atoms with Crippen molar-refractivity contribution in [2.75, 3.05) is 13.1 Å². The zero-order valence-electron chi connectivity index (χ0n) is 17.9. The van der Waals surface area contributed by atoms with E-state index in [9.17, 15) is 4.21 Å². The Morgan fingerprint density at radius 3 is 1.87 bits per heavy atom. The lowest BCUT2D eigenvalue weighted by atomic mass is 10.0. The first kappa shape index (κ1) is 20.6. The Bertz CT molecular complexity index is 994. The van der Waals surface area contributed by atoms with E-state index in [1.165, 1.54) is 29.5 Å². The van der Waals surface area contributed by atoms with Crippen LogP contribution in [0, 0.1) is 0 Å². The molecule has 1 aliphatic heterocycles. The van der Waals surface area contributed by atoms with Crippen molar-refractivity contribution in [2.45, 2.75) is 49.2 Å². The molecule has 0 amide bonds. The molecule has 0 N–H and O–H groups in total. The summed E-state index contributed by atoms with van der Waals surface area (Å²) in [6, 6.07) is 30.4. The number of likely N-dealkylation sites (tertiary alicyclic amines) is 1. The molecule has 0 bridgehead atoms. The first-order chi connectivity index (χ1) is 15.3. The van der Waals surface area contributed by atoms with E-state index in [0.717, 1.165) is 37.4 Å². The van der Waals surface area contributed by atoms with Crippen LogP contribution in [0.25, 0.3) is 11.1 Å². The third-order valence-corrected chi connectivity index (χ3v) is 8.08. The van der Waals surface area contributed by atoms with Gasteiger partial charge in [0, 0.05) is 31.7 Å². The van der Waals surface area contributed by atoms with E-state index in [1.54, 1.807) is 0 Å². The Hall–Kier alpha value is -2.27. The molecule has 3 nitrogen and oxygen atoms in total. The molecule has 1 heterocycles. The van der Waals surface area contributed by atoms with Crippen LogP contribution in [0.2, 0.25) is 0 Å². The highest BCUT2D eigenvalue weighted by Gasteiger charge is 2.39. The second kappa shape index (κ2) is 9.47. The van der Waals surface area contributed by atoms with Crippen LogP contribution < -0.4 is 0 Å². The van der Waals surface area contributed by atoms with Gasteiger partial charge in [-0.2, -0.15) is 0 Å². The van der Waals surface area contributed by atoms with Crippen LogP contribution in [0.4, 0.5) is 0 Å². The maximum Gasteiger partial charge on any atom is 0.128 e. The highest BCUT2D eigenvalue weighted by molar-refractivity contribution is 7.82. The molecule has 1 saturated carbocycles. The summed E-state index contributed by atoms with van der Waals surface area (Å²) in [6.07, 6.45) is 4.56. The molecule has 31 heavy (non-hydrogen) atoms. The van der Waals surface area contributed by atoms with Crippen molar-refractivity contribution in [1.82, 2.24) is 9.21 Å². The lowest BCUT2D eigenvalue weighted by Crippen LogP contribution is -2.46. The minimum absolute atomic E-state index is 0.422. The molecule has 4 heteroatoms. The van der Waals surface area contributed by atoms with E-state index < -0.39 is 11.0 Å². The first-order valence-corrected chi connectivity index (χ1v) is 12.5. The van der Waals surface area contributed by atoms with E-state index in [0.29, 0.717) is 12.1 Å². The Balaban J connectivity index is 1.19. The first-order valence-electron chi connectivity index (χ1n) is 11.4. The number of hydrogen-bond donors (Lipinski definition) is 0. The van der Waals surface area contributed by atoms with Crippen LogP contribution in [0.1, 0.15) is 31.2 Å². The molecule has 0 aromatic heterocycles. The molecular weight excluding hydrogens is 400 g/mol. The van der Waals surface area contributed by atoms with Gasteiger partial charge in [0.1, 0.15) is 11.0 Å². The smallest absolute Gasteiger partial charge is 0.128 e. The average molecular weight is 431 g/mol. The Kier molecular flexibility index (Phi) is 6.30. The molecule has 3 aromatic rings. The highest BCUT2D eigenvalue weighted by Crippen LogP contribution is 2.35. The maximum absolute atomic E-state index is 13.3. The fourth-order valence-corrected chi connectivity index (χ4v) is 6.18. The normalized spacial score (nSPS) is 18.9. The van der Waals surface area contributed by atoms with Crippen molar-refractivity contribution in [1.29, 1.82) is 0 Å². The van der Waals surface area contributed by atoms with Gasteiger partial charge in [-0.15, -0.1) is 0 Å². The second-order valence-corrected chi connectivity index (χ2v) is 10.1. The molecule has 1 atom stereocenters. The summed E-state index contributed by atoms with van der Waals surface area (Å²) in [5.74, 6) is 0. The molecule has 1 saturated heterocycles. The number of hydrogen-bond acceptors (Lipinski definition) is 2. The van der Waals surface area contributed by atoms with Crippen molar-refractivity contribution in [3.05, 3.63) is 90.5 Å². The molecule has 1 aliphatic carbocycles. The summed E-state index contributed by atoms with van der Waals surface area (Å²) in [7, 11) is -1.04. The highest BCUT2D eigenvalue weighted by atomic mass is 32.2. The third-order valence-electron chi connectivity index (χ3n) is 6.43. The Morgan fingerprint density at radius 2 is 1.26 bits per heavy atom. The van der Waals surface area contributed by atoms with Gasteiger partial charge < -0.3 is 0 Å². The second-order valence-electron chi connectivity index (χ2n) is 8.72. The maximum atomic E-state index is 13.3. The van der Waals surface area contributed by atoms with Crippen LogP contribution in [-0.2, 0) is 17.5 Å². The minimum Gasteiger partial charge on any atom is -0.299 e. The van der Waals surface area contributed by atoms with Gasteiger partial charge in [0.05, 0.1) is 4.90 Å². The van der Waals surface area contributed by atoms with E-state index in [1.807, 2.05) is 30.3 Å². The predicted octanol–water partition coefficient (Wildman–Crippen LogP) is 5.51. The van der Waals surface area contributed by atoms with E-state index in [2.05, 4.69) is 63.8 Å². The lowest BCUT2D eigenvalue weighted by Gasteiger charge is -2.38. The Morgan fingerprint density at radius 1 is 0.710 bits per heavy atom.